The Kier molecular flexibility index (Phi) is 6.10. The number of carbonyl (C=O) groups excluding carboxylic acids is 2. The molecule has 9 heteroatoms. The van der Waals surface area contributed by atoms with Gasteiger partial charge in [-0.15, -0.1) is 0 Å². The SMILES string of the molecule is C[C@H](NC(=O)[C@H]1CC(F)(c2ccc(F)cc2)CCN1)C(=O)N[C@@H]1CCc2nc(N)ccc21. The van der Waals surface area contributed by atoms with Crippen molar-refractivity contribution in [3.05, 3.63) is 59.0 Å². The van der Waals surface area contributed by atoms with E-state index in [0.29, 0.717) is 24.3 Å². The molecule has 1 aliphatic carbocycles. The van der Waals surface area contributed by atoms with Gasteiger partial charge in [0, 0.05) is 12.1 Å². The van der Waals surface area contributed by atoms with Gasteiger partial charge >= 0.3 is 0 Å². The van der Waals surface area contributed by atoms with Crippen LogP contribution < -0.4 is 21.7 Å². The van der Waals surface area contributed by atoms with E-state index in [2.05, 4.69) is 20.9 Å². The molecule has 1 aromatic carbocycles. The second-order valence-corrected chi connectivity index (χ2v) is 8.54. The molecule has 0 saturated carbocycles. The number of alkyl halides is 1. The summed E-state index contributed by atoms with van der Waals surface area (Å²) in [6.45, 7) is 1.89. The van der Waals surface area contributed by atoms with Crippen LogP contribution in [0.15, 0.2) is 36.4 Å². The predicted molar refractivity (Wildman–Crippen MR) is 116 cm³/mol. The number of aryl methyl sites for hydroxylation is 1. The molecule has 0 radical (unpaired) electrons. The largest absolute Gasteiger partial charge is 0.384 e. The van der Waals surface area contributed by atoms with E-state index in [1.807, 2.05) is 6.07 Å². The Balaban J connectivity index is 1.35. The van der Waals surface area contributed by atoms with Crippen LogP contribution in [-0.2, 0) is 21.7 Å². The van der Waals surface area contributed by atoms with E-state index in [4.69, 9.17) is 5.73 Å². The van der Waals surface area contributed by atoms with Gasteiger partial charge in [0.25, 0.3) is 0 Å². The molecular formula is C23H27F2N5O2. The highest BCUT2D eigenvalue weighted by Crippen LogP contribution is 2.37. The minimum absolute atomic E-state index is 0.0953. The molecule has 32 heavy (non-hydrogen) atoms. The number of benzene rings is 1. The van der Waals surface area contributed by atoms with Crippen molar-refractivity contribution in [2.24, 2.45) is 0 Å². The zero-order valence-electron chi connectivity index (χ0n) is 17.8. The van der Waals surface area contributed by atoms with Crippen LogP contribution in [0.4, 0.5) is 14.6 Å². The number of hydrogen-bond acceptors (Lipinski definition) is 5. The summed E-state index contributed by atoms with van der Waals surface area (Å²) in [5.41, 5.74) is 6.13. The second-order valence-electron chi connectivity index (χ2n) is 8.54. The first-order valence-electron chi connectivity index (χ1n) is 10.8. The number of aromatic nitrogens is 1. The summed E-state index contributed by atoms with van der Waals surface area (Å²) in [6, 6.07) is 7.03. The number of nitrogen functional groups attached to an aromatic ring is 1. The van der Waals surface area contributed by atoms with Crippen molar-refractivity contribution in [1.82, 2.24) is 20.9 Å². The van der Waals surface area contributed by atoms with Crippen LogP contribution in [0.1, 0.15) is 49.0 Å². The molecule has 2 aromatic rings. The number of fused-ring (bicyclic) bond motifs is 1. The maximum absolute atomic E-state index is 15.5. The summed E-state index contributed by atoms with van der Waals surface area (Å²) in [5.74, 6) is -0.767. The second kappa shape index (κ2) is 8.82. The highest BCUT2D eigenvalue weighted by molar-refractivity contribution is 5.89. The minimum atomic E-state index is -1.74. The Morgan fingerprint density at radius 2 is 2.00 bits per heavy atom. The molecule has 5 N–H and O–H groups in total. The van der Waals surface area contributed by atoms with Gasteiger partial charge < -0.3 is 21.7 Å². The number of nitrogens with zero attached hydrogens (tertiary/aromatic N) is 1. The molecule has 2 aliphatic rings. The summed E-state index contributed by atoms with van der Waals surface area (Å²) < 4.78 is 28.7. The fourth-order valence-corrected chi connectivity index (χ4v) is 4.45. The van der Waals surface area contributed by atoms with Gasteiger partial charge in [-0.05, 0) is 62.1 Å². The van der Waals surface area contributed by atoms with Crippen LogP contribution in [0.5, 0.6) is 0 Å². The van der Waals surface area contributed by atoms with Crippen LogP contribution in [0.2, 0.25) is 0 Å². The van der Waals surface area contributed by atoms with Gasteiger partial charge in [-0.3, -0.25) is 9.59 Å². The monoisotopic (exact) mass is 443 g/mol. The number of carbonyl (C=O) groups is 2. The first-order valence-corrected chi connectivity index (χ1v) is 10.8. The smallest absolute Gasteiger partial charge is 0.242 e. The maximum Gasteiger partial charge on any atom is 0.242 e. The number of pyridine rings is 1. The third-order valence-electron chi connectivity index (χ3n) is 6.26. The van der Waals surface area contributed by atoms with Gasteiger partial charge in [0.05, 0.1) is 12.1 Å². The lowest BCUT2D eigenvalue weighted by Crippen LogP contribution is -2.55. The zero-order chi connectivity index (χ0) is 22.9. The molecule has 4 atom stereocenters. The molecule has 7 nitrogen and oxygen atoms in total. The topological polar surface area (TPSA) is 109 Å². The molecule has 170 valence electrons. The van der Waals surface area contributed by atoms with E-state index in [9.17, 15) is 14.0 Å². The Morgan fingerprint density at radius 3 is 2.75 bits per heavy atom. The van der Waals surface area contributed by atoms with Crippen molar-refractivity contribution >= 4 is 17.6 Å². The van der Waals surface area contributed by atoms with Crippen molar-refractivity contribution in [3.8, 4) is 0 Å². The molecule has 1 saturated heterocycles. The third-order valence-corrected chi connectivity index (χ3v) is 6.26. The number of nitrogens with two attached hydrogens (primary N) is 1. The Hall–Kier alpha value is -3.07. The lowest BCUT2D eigenvalue weighted by molar-refractivity contribution is -0.131. The van der Waals surface area contributed by atoms with E-state index in [1.54, 1.807) is 13.0 Å². The van der Waals surface area contributed by atoms with Crippen molar-refractivity contribution < 1.29 is 18.4 Å². The van der Waals surface area contributed by atoms with E-state index in [1.165, 1.54) is 24.3 Å². The molecular weight excluding hydrogens is 416 g/mol. The van der Waals surface area contributed by atoms with Gasteiger partial charge in [-0.1, -0.05) is 18.2 Å². The Bertz CT molecular complexity index is 1020. The summed E-state index contributed by atoms with van der Waals surface area (Å²) in [4.78, 5) is 29.7. The molecule has 2 heterocycles. The molecule has 2 amide bonds. The highest BCUT2D eigenvalue weighted by atomic mass is 19.1. The molecule has 0 spiro atoms. The fraction of sp³-hybridized carbons (Fsp3) is 0.435. The Morgan fingerprint density at radius 1 is 1.25 bits per heavy atom. The maximum atomic E-state index is 15.5. The van der Waals surface area contributed by atoms with Gasteiger partial charge in [-0.2, -0.15) is 0 Å². The quantitative estimate of drug-likeness (QED) is 0.566. The average Bonchev–Trinajstić information content (AvgIpc) is 3.15. The molecule has 1 aliphatic heterocycles. The molecule has 1 fully saturated rings. The number of amides is 2. The van der Waals surface area contributed by atoms with Crippen LogP contribution in [0, 0.1) is 5.82 Å². The lowest BCUT2D eigenvalue weighted by Gasteiger charge is -2.35. The standard InChI is InChI=1S/C23H27F2N5O2/c1-13(21(31)30-18-8-7-17-16(18)6-9-20(26)29-17)28-22(32)19-12-23(25,10-11-27-19)14-2-4-15(24)5-3-14/h2-6,9,13,18-19,27H,7-8,10-12H2,1H3,(H2,26,29)(H,28,32)(H,30,31)/t13-,18+,19+,23?/m0/s1. The van der Waals surface area contributed by atoms with Crippen molar-refractivity contribution in [2.45, 2.75) is 56.4 Å². The first kappa shape index (κ1) is 22.1. The van der Waals surface area contributed by atoms with Crippen LogP contribution in [-0.4, -0.2) is 35.4 Å². The van der Waals surface area contributed by atoms with Crippen molar-refractivity contribution in [2.75, 3.05) is 12.3 Å². The predicted octanol–water partition coefficient (Wildman–Crippen LogP) is 2.03. The van der Waals surface area contributed by atoms with E-state index in [-0.39, 0.29) is 24.8 Å². The molecule has 4 rings (SSSR count). The number of hydrogen-bond donors (Lipinski definition) is 4. The molecule has 1 unspecified atom stereocenters. The Labute approximate surface area is 185 Å². The van der Waals surface area contributed by atoms with Gasteiger partial charge in [-0.25, -0.2) is 13.8 Å². The van der Waals surface area contributed by atoms with Crippen LogP contribution in [0.3, 0.4) is 0 Å². The summed E-state index contributed by atoms with van der Waals surface area (Å²) >= 11 is 0. The summed E-state index contributed by atoms with van der Waals surface area (Å²) in [6.07, 6.45) is 1.52. The van der Waals surface area contributed by atoms with Gasteiger partial charge in [0.2, 0.25) is 11.8 Å². The van der Waals surface area contributed by atoms with E-state index >= 15 is 4.39 Å². The molecule has 0 bridgehead atoms. The zero-order valence-corrected chi connectivity index (χ0v) is 17.8. The average molecular weight is 443 g/mol. The minimum Gasteiger partial charge on any atom is -0.384 e. The van der Waals surface area contributed by atoms with Crippen LogP contribution in [0.25, 0.3) is 0 Å². The van der Waals surface area contributed by atoms with Crippen LogP contribution >= 0.6 is 0 Å². The summed E-state index contributed by atoms with van der Waals surface area (Å²) in [5, 5.41) is 8.64. The normalized spacial score (nSPS) is 25.6. The third kappa shape index (κ3) is 4.57. The molecule has 1 aromatic heterocycles. The number of halogens is 2. The van der Waals surface area contributed by atoms with Crippen molar-refractivity contribution in [3.63, 3.8) is 0 Å². The van der Waals surface area contributed by atoms with E-state index in [0.717, 1.165) is 17.7 Å². The van der Waals surface area contributed by atoms with Gasteiger partial charge in [0.15, 0.2) is 0 Å². The highest BCUT2D eigenvalue weighted by Gasteiger charge is 2.41. The van der Waals surface area contributed by atoms with E-state index < -0.39 is 29.5 Å². The fourth-order valence-electron chi connectivity index (χ4n) is 4.45. The number of rotatable bonds is 5. The first-order chi connectivity index (χ1) is 15.2. The van der Waals surface area contributed by atoms with Crippen molar-refractivity contribution in [1.29, 1.82) is 0 Å². The number of piperidine rings is 1. The lowest BCUT2D eigenvalue weighted by atomic mass is 9.83. The number of anilines is 1. The summed E-state index contributed by atoms with van der Waals surface area (Å²) in [7, 11) is 0. The van der Waals surface area contributed by atoms with Gasteiger partial charge in [0.1, 0.15) is 23.3 Å². The number of nitrogens with one attached hydrogen (secondary N) is 3.